The highest BCUT2D eigenvalue weighted by Gasteiger charge is 2.10. The molecule has 0 aliphatic rings. The Kier molecular flexibility index (Phi) is 4.61. The van der Waals surface area contributed by atoms with Crippen LogP contribution in [0.5, 0.6) is 11.5 Å². The number of urea groups is 1. The molecule has 0 radical (unpaired) electrons. The van der Waals surface area contributed by atoms with Crippen LogP contribution in [0.4, 0.5) is 20.6 Å². The van der Waals surface area contributed by atoms with E-state index >= 15 is 0 Å². The molecule has 0 heterocycles. The van der Waals surface area contributed by atoms with E-state index in [2.05, 4.69) is 10.6 Å². The van der Waals surface area contributed by atoms with E-state index in [0.29, 0.717) is 17.2 Å². The van der Waals surface area contributed by atoms with Crippen LogP contribution in [-0.4, -0.2) is 20.3 Å². The summed E-state index contributed by atoms with van der Waals surface area (Å²) in [5, 5.41) is 5.02. The van der Waals surface area contributed by atoms with Gasteiger partial charge in [-0.15, -0.1) is 0 Å². The number of amides is 2. The molecule has 6 heteroatoms. The average molecular weight is 290 g/mol. The van der Waals surface area contributed by atoms with Gasteiger partial charge in [0.1, 0.15) is 17.3 Å². The van der Waals surface area contributed by atoms with Gasteiger partial charge in [0.15, 0.2) is 0 Å². The fraction of sp³-hybridized carbons (Fsp3) is 0.133. The van der Waals surface area contributed by atoms with Gasteiger partial charge in [-0.3, -0.25) is 0 Å². The third kappa shape index (κ3) is 3.62. The second kappa shape index (κ2) is 6.60. The molecule has 0 saturated carbocycles. The Balaban J connectivity index is 2.14. The van der Waals surface area contributed by atoms with Gasteiger partial charge in [-0.05, 0) is 24.3 Å². The number of carbonyl (C=O) groups excluding carboxylic acids is 1. The standard InChI is InChI=1S/C15H15FN2O3/c1-20-10-7-8-14(21-2)13(9-10)18-15(19)17-12-6-4-3-5-11(12)16/h3-9H,1-2H3,(H2,17,18,19). The Morgan fingerprint density at radius 3 is 2.38 bits per heavy atom. The molecule has 110 valence electrons. The maximum absolute atomic E-state index is 13.5. The summed E-state index contributed by atoms with van der Waals surface area (Å²) >= 11 is 0. The quantitative estimate of drug-likeness (QED) is 0.906. The van der Waals surface area contributed by atoms with Crippen LogP contribution in [-0.2, 0) is 0 Å². The maximum atomic E-state index is 13.5. The number of anilines is 2. The fourth-order valence-corrected chi connectivity index (χ4v) is 1.75. The number of benzene rings is 2. The molecule has 0 aromatic heterocycles. The first-order chi connectivity index (χ1) is 10.1. The number of hydrogen-bond acceptors (Lipinski definition) is 3. The minimum absolute atomic E-state index is 0.0943. The summed E-state index contributed by atoms with van der Waals surface area (Å²) in [5.74, 6) is 0.529. The Morgan fingerprint density at radius 2 is 1.71 bits per heavy atom. The number of carbonyl (C=O) groups is 1. The van der Waals surface area contributed by atoms with Crippen molar-refractivity contribution in [3.8, 4) is 11.5 Å². The van der Waals surface area contributed by atoms with Crippen LogP contribution < -0.4 is 20.1 Å². The zero-order valence-electron chi connectivity index (χ0n) is 11.6. The van der Waals surface area contributed by atoms with Gasteiger partial charge < -0.3 is 20.1 Å². The molecule has 0 atom stereocenters. The normalized spacial score (nSPS) is 9.86. The Morgan fingerprint density at radius 1 is 1.00 bits per heavy atom. The van der Waals surface area contributed by atoms with Gasteiger partial charge in [0.2, 0.25) is 0 Å². The highest BCUT2D eigenvalue weighted by molar-refractivity contribution is 6.00. The summed E-state index contributed by atoms with van der Waals surface area (Å²) in [7, 11) is 3.01. The van der Waals surface area contributed by atoms with Gasteiger partial charge in [-0.25, -0.2) is 9.18 Å². The van der Waals surface area contributed by atoms with Crippen molar-refractivity contribution in [2.45, 2.75) is 0 Å². The molecule has 2 amide bonds. The fourth-order valence-electron chi connectivity index (χ4n) is 1.75. The monoisotopic (exact) mass is 290 g/mol. The predicted octanol–water partition coefficient (Wildman–Crippen LogP) is 3.49. The minimum Gasteiger partial charge on any atom is -0.497 e. The van der Waals surface area contributed by atoms with Crippen molar-refractivity contribution in [3.05, 3.63) is 48.3 Å². The largest absolute Gasteiger partial charge is 0.497 e. The summed E-state index contributed by atoms with van der Waals surface area (Å²) in [5.41, 5.74) is 0.516. The Hall–Kier alpha value is -2.76. The molecule has 2 aromatic carbocycles. The molecule has 21 heavy (non-hydrogen) atoms. The van der Waals surface area contributed by atoms with Gasteiger partial charge in [0, 0.05) is 6.07 Å². The van der Waals surface area contributed by atoms with Crippen molar-refractivity contribution in [1.29, 1.82) is 0 Å². The number of ether oxygens (including phenoxy) is 2. The highest BCUT2D eigenvalue weighted by atomic mass is 19.1. The number of nitrogens with one attached hydrogen (secondary N) is 2. The van der Waals surface area contributed by atoms with Gasteiger partial charge in [0.25, 0.3) is 0 Å². The zero-order chi connectivity index (χ0) is 15.2. The van der Waals surface area contributed by atoms with Crippen molar-refractivity contribution in [2.75, 3.05) is 24.9 Å². The van der Waals surface area contributed by atoms with Crippen molar-refractivity contribution < 1.29 is 18.7 Å². The zero-order valence-corrected chi connectivity index (χ0v) is 11.6. The van der Waals surface area contributed by atoms with Gasteiger partial charge in [-0.2, -0.15) is 0 Å². The van der Waals surface area contributed by atoms with Gasteiger partial charge >= 0.3 is 6.03 Å². The van der Waals surface area contributed by atoms with Crippen molar-refractivity contribution in [3.63, 3.8) is 0 Å². The molecule has 0 fully saturated rings. The van der Waals surface area contributed by atoms with E-state index in [1.54, 1.807) is 30.3 Å². The second-order valence-electron chi connectivity index (χ2n) is 4.13. The molecular weight excluding hydrogens is 275 g/mol. The third-order valence-corrected chi connectivity index (χ3v) is 2.78. The van der Waals surface area contributed by atoms with Gasteiger partial charge in [0.05, 0.1) is 25.6 Å². The topological polar surface area (TPSA) is 59.6 Å². The lowest BCUT2D eigenvalue weighted by Gasteiger charge is -2.12. The van der Waals surface area contributed by atoms with Crippen LogP contribution in [0.25, 0.3) is 0 Å². The van der Waals surface area contributed by atoms with Gasteiger partial charge in [-0.1, -0.05) is 12.1 Å². The van der Waals surface area contributed by atoms with Crippen LogP contribution >= 0.6 is 0 Å². The van der Waals surface area contributed by atoms with E-state index in [1.807, 2.05) is 0 Å². The lowest BCUT2D eigenvalue weighted by Crippen LogP contribution is -2.20. The van der Waals surface area contributed by atoms with Crippen molar-refractivity contribution in [2.24, 2.45) is 0 Å². The molecule has 5 nitrogen and oxygen atoms in total. The molecule has 0 saturated heterocycles. The predicted molar refractivity (Wildman–Crippen MR) is 78.6 cm³/mol. The van der Waals surface area contributed by atoms with Crippen LogP contribution in [0.1, 0.15) is 0 Å². The molecule has 0 spiro atoms. The van der Waals surface area contributed by atoms with E-state index in [9.17, 15) is 9.18 Å². The number of methoxy groups -OCH3 is 2. The first-order valence-electron chi connectivity index (χ1n) is 6.18. The number of halogens is 1. The number of hydrogen-bond donors (Lipinski definition) is 2. The smallest absolute Gasteiger partial charge is 0.323 e. The summed E-state index contributed by atoms with van der Waals surface area (Å²) in [4.78, 5) is 11.9. The lowest BCUT2D eigenvalue weighted by atomic mass is 10.2. The van der Waals surface area contributed by atoms with E-state index in [4.69, 9.17) is 9.47 Å². The number of rotatable bonds is 4. The number of para-hydroxylation sites is 1. The molecule has 2 rings (SSSR count). The van der Waals surface area contributed by atoms with Crippen LogP contribution in [0.2, 0.25) is 0 Å². The second-order valence-corrected chi connectivity index (χ2v) is 4.13. The molecule has 0 unspecified atom stereocenters. The molecule has 0 bridgehead atoms. The summed E-state index contributed by atoms with van der Waals surface area (Å²) in [6, 6.07) is 10.3. The lowest BCUT2D eigenvalue weighted by molar-refractivity contribution is 0.262. The first-order valence-corrected chi connectivity index (χ1v) is 6.18. The Bertz CT molecular complexity index is 647. The van der Waals surface area contributed by atoms with E-state index in [-0.39, 0.29) is 5.69 Å². The summed E-state index contributed by atoms with van der Waals surface area (Å²) in [6.07, 6.45) is 0. The minimum atomic E-state index is -0.577. The van der Waals surface area contributed by atoms with E-state index in [1.165, 1.54) is 26.4 Å². The van der Waals surface area contributed by atoms with Crippen LogP contribution in [0, 0.1) is 5.82 Å². The van der Waals surface area contributed by atoms with Crippen molar-refractivity contribution >= 4 is 17.4 Å². The summed E-state index contributed by atoms with van der Waals surface area (Å²) in [6.45, 7) is 0. The third-order valence-electron chi connectivity index (χ3n) is 2.78. The van der Waals surface area contributed by atoms with E-state index in [0.717, 1.165) is 0 Å². The Labute approximate surface area is 121 Å². The molecular formula is C15H15FN2O3. The van der Waals surface area contributed by atoms with Crippen molar-refractivity contribution in [1.82, 2.24) is 0 Å². The van der Waals surface area contributed by atoms with Crippen LogP contribution in [0.15, 0.2) is 42.5 Å². The molecule has 2 aromatic rings. The van der Waals surface area contributed by atoms with Crippen LogP contribution in [0.3, 0.4) is 0 Å². The first kappa shape index (κ1) is 14.6. The highest BCUT2D eigenvalue weighted by Crippen LogP contribution is 2.29. The molecule has 0 aliphatic carbocycles. The average Bonchev–Trinajstić information content (AvgIpc) is 2.49. The molecule has 0 aliphatic heterocycles. The molecule has 2 N–H and O–H groups in total. The maximum Gasteiger partial charge on any atom is 0.323 e. The van der Waals surface area contributed by atoms with E-state index < -0.39 is 11.8 Å². The SMILES string of the molecule is COc1ccc(OC)c(NC(=O)Nc2ccccc2F)c1. The summed E-state index contributed by atoms with van der Waals surface area (Å²) < 4.78 is 23.7.